The Morgan fingerprint density at radius 3 is 2.86 bits per heavy atom. The minimum Gasteiger partial charge on any atom is -0.451 e. The lowest BCUT2D eigenvalue weighted by Crippen LogP contribution is -2.34. The van der Waals surface area contributed by atoms with Crippen LogP contribution in [-0.2, 0) is 0 Å². The van der Waals surface area contributed by atoms with Crippen molar-refractivity contribution in [3.8, 4) is 0 Å². The van der Waals surface area contributed by atoms with E-state index in [1.165, 1.54) is 12.1 Å². The van der Waals surface area contributed by atoms with Gasteiger partial charge in [0.05, 0.1) is 0 Å². The zero-order valence-electron chi connectivity index (χ0n) is 12.7. The van der Waals surface area contributed by atoms with Gasteiger partial charge < -0.3 is 15.1 Å². The number of hydrogen-bond donors (Lipinski definition) is 1. The minimum absolute atomic E-state index is 0. The number of benzene rings is 1. The van der Waals surface area contributed by atoms with Crippen molar-refractivity contribution in [1.82, 2.24) is 4.90 Å². The summed E-state index contributed by atoms with van der Waals surface area (Å²) in [6.07, 6.45) is 0.892. The van der Waals surface area contributed by atoms with Crippen LogP contribution in [-0.4, -0.2) is 30.4 Å². The maximum Gasteiger partial charge on any atom is 0.289 e. The molecule has 1 aromatic carbocycles. The number of furan rings is 1. The lowest BCUT2D eigenvalue weighted by atomic mass is 9.90. The highest BCUT2D eigenvalue weighted by Crippen LogP contribution is 2.32. The van der Waals surface area contributed by atoms with Crippen LogP contribution in [0.3, 0.4) is 0 Å². The lowest BCUT2D eigenvalue weighted by molar-refractivity contribution is 0.0746. The third-order valence-corrected chi connectivity index (χ3v) is 4.43. The summed E-state index contributed by atoms with van der Waals surface area (Å²) in [5.41, 5.74) is 6.98. The smallest absolute Gasteiger partial charge is 0.289 e. The van der Waals surface area contributed by atoms with Crippen LogP contribution in [0.5, 0.6) is 0 Å². The summed E-state index contributed by atoms with van der Waals surface area (Å²) < 4.78 is 19.0. The minimum atomic E-state index is -0.331. The topological polar surface area (TPSA) is 59.5 Å². The molecule has 1 atom stereocenters. The quantitative estimate of drug-likeness (QED) is 0.922. The predicted octanol–water partition coefficient (Wildman–Crippen LogP) is 3.11. The molecule has 0 saturated carbocycles. The van der Waals surface area contributed by atoms with Crippen molar-refractivity contribution >= 4 is 29.3 Å². The van der Waals surface area contributed by atoms with E-state index in [-0.39, 0.29) is 29.5 Å². The highest BCUT2D eigenvalue weighted by Gasteiger charge is 2.36. The molecule has 0 aliphatic carbocycles. The Labute approximate surface area is 134 Å². The third-order valence-electron chi connectivity index (χ3n) is 4.43. The van der Waals surface area contributed by atoms with Crippen LogP contribution in [0.1, 0.15) is 29.5 Å². The van der Waals surface area contributed by atoms with E-state index in [1.807, 2.05) is 0 Å². The molecule has 1 aromatic heterocycles. The van der Waals surface area contributed by atoms with Gasteiger partial charge in [-0.15, -0.1) is 12.4 Å². The molecular formula is C16H20ClFN2O2. The maximum absolute atomic E-state index is 13.3. The summed E-state index contributed by atoms with van der Waals surface area (Å²) in [4.78, 5) is 14.4. The summed E-state index contributed by atoms with van der Waals surface area (Å²) in [6.45, 7) is 5.74. The molecule has 3 rings (SSSR count). The molecular weight excluding hydrogens is 307 g/mol. The molecule has 120 valence electrons. The van der Waals surface area contributed by atoms with Crippen LogP contribution in [0.15, 0.2) is 22.6 Å². The highest BCUT2D eigenvalue weighted by atomic mass is 35.5. The van der Waals surface area contributed by atoms with Gasteiger partial charge in [-0.25, -0.2) is 4.39 Å². The van der Waals surface area contributed by atoms with E-state index >= 15 is 0 Å². The number of aryl methyl sites for hydroxylation is 1. The Hall–Kier alpha value is -1.59. The predicted molar refractivity (Wildman–Crippen MR) is 85.8 cm³/mol. The van der Waals surface area contributed by atoms with E-state index in [1.54, 1.807) is 17.9 Å². The van der Waals surface area contributed by atoms with Crippen LogP contribution >= 0.6 is 12.4 Å². The van der Waals surface area contributed by atoms with Gasteiger partial charge in [-0.05, 0) is 43.5 Å². The van der Waals surface area contributed by atoms with Crippen LogP contribution < -0.4 is 5.73 Å². The fourth-order valence-corrected chi connectivity index (χ4v) is 2.90. The lowest BCUT2D eigenvalue weighted by Gasteiger charge is -2.22. The Balaban J connectivity index is 0.00000176. The van der Waals surface area contributed by atoms with E-state index in [0.29, 0.717) is 41.9 Å². The van der Waals surface area contributed by atoms with Crippen molar-refractivity contribution in [3.05, 3.63) is 35.3 Å². The standard InChI is InChI=1S/C16H19FN2O2.ClH/c1-10-12-7-11(17)3-4-13(12)21-14(10)15(20)19-6-5-16(2,8-18)9-19;/h3-4,7H,5-6,8-9,18H2,1-2H3;1H. The van der Waals surface area contributed by atoms with Gasteiger partial charge in [0, 0.05) is 24.0 Å². The number of carbonyl (C=O) groups excluding carboxylic acids is 1. The first-order valence-corrected chi connectivity index (χ1v) is 7.11. The number of amides is 1. The second-order valence-electron chi connectivity index (χ2n) is 6.19. The fraction of sp³-hybridized carbons (Fsp3) is 0.438. The third kappa shape index (κ3) is 2.71. The molecule has 1 saturated heterocycles. The molecule has 4 nitrogen and oxygen atoms in total. The van der Waals surface area contributed by atoms with E-state index < -0.39 is 0 Å². The Bertz CT molecular complexity index is 715. The average Bonchev–Trinajstić information content (AvgIpc) is 3.01. The molecule has 1 aliphatic rings. The van der Waals surface area contributed by atoms with Crippen LogP contribution in [0.4, 0.5) is 4.39 Å². The monoisotopic (exact) mass is 326 g/mol. The van der Waals surface area contributed by atoms with Crippen molar-refractivity contribution in [3.63, 3.8) is 0 Å². The number of hydrogen-bond acceptors (Lipinski definition) is 3. The number of nitrogens with two attached hydrogens (primary N) is 1. The summed E-state index contributed by atoms with van der Waals surface area (Å²) in [6, 6.07) is 4.29. The molecule has 2 aromatic rings. The maximum atomic E-state index is 13.3. The molecule has 0 radical (unpaired) electrons. The SMILES string of the molecule is Cc1c(C(=O)N2CCC(C)(CN)C2)oc2ccc(F)cc12.Cl. The number of rotatable bonds is 2. The first-order valence-electron chi connectivity index (χ1n) is 7.11. The van der Waals surface area contributed by atoms with Crippen LogP contribution in [0.2, 0.25) is 0 Å². The van der Waals surface area contributed by atoms with Gasteiger partial charge in [0.15, 0.2) is 5.76 Å². The number of fused-ring (bicyclic) bond motifs is 1. The summed E-state index contributed by atoms with van der Waals surface area (Å²) >= 11 is 0. The van der Waals surface area contributed by atoms with Gasteiger partial charge in [0.2, 0.25) is 0 Å². The van der Waals surface area contributed by atoms with E-state index in [4.69, 9.17) is 10.2 Å². The van der Waals surface area contributed by atoms with Crippen molar-refractivity contribution in [2.75, 3.05) is 19.6 Å². The zero-order chi connectivity index (χ0) is 15.2. The molecule has 1 amide bonds. The molecule has 0 spiro atoms. The Morgan fingerprint density at radius 2 is 2.23 bits per heavy atom. The van der Waals surface area contributed by atoms with E-state index in [9.17, 15) is 9.18 Å². The molecule has 6 heteroatoms. The summed E-state index contributed by atoms with van der Waals surface area (Å²) in [7, 11) is 0. The molecule has 22 heavy (non-hydrogen) atoms. The van der Waals surface area contributed by atoms with Gasteiger partial charge in [-0.1, -0.05) is 6.92 Å². The summed E-state index contributed by atoms with van der Waals surface area (Å²) in [5.74, 6) is -0.166. The van der Waals surface area contributed by atoms with Crippen molar-refractivity contribution in [2.24, 2.45) is 11.1 Å². The Kier molecular flexibility index (Phi) is 4.49. The number of likely N-dealkylation sites (tertiary alicyclic amines) is 1. The van der Waals surface area contributed by atoms with Crippen LogP contribution in [0, 0.1) is 18.2 Å². The highest BCUT2D eigenvalue weighted by molar-refractivity contribution is 5.99. The van der Waals surface area contributed by atoms with Gasteiger partial charge in [-0.3, -0.25) is 4.79 Å². The number of nitrogens with zero attached hydrogens (tertiary/aromatic N) is 1. The van der Waals surface area contributed by atoms with Gasteiger partial charge >= 0.3 is 0 Å². The van der Waals surface area contributed by atoms with Crippen molar-refractivity contribution in [1.29, 1.82) is 0 Å². The fourth-order valence-electron chi connectivity index (χ4n) is 2.90. The van der Waals surface area contributed by atoms with Crippen molar-refractivity contribution < 1.29 is 13.6 Å². The van der Waals surface area contributed by atoms with Gasteiger partial charge in [-0.2, -0.15) is 0 Å². The summed E-state index contributed by atoms with van der Waals surface area (Å²) in [5, 5.41) is 0.652. The normalized spacial score (nSPS) is 21.2. The van der Waals surface area contributed by atoms with E-state index in [2.05, 4.69) is 6.92 Å². The molecule has 1 aliphatic heterocycles. The molecule has 1 unspecified atom stereocenters. The largest absolute Gasteiger partial charge is 0.451 e. The first-order chi connectivity index (χ1) is 9.93. The second kappa shape index (κ2) is 5.89. The molecule has 1 fully saturated rings. The molecule has 2 heterocycles. The second-order valence-corrected chi connectivity index (χ2v) is 6.19. The zero-order valence-corrected chi connectivity index (χ0v) is 13.5. The molecule has 0 bridgehead atoms. The van der Waals surface area contributed by atoms with Gasteiger partial charge in [0.1, 0.15) is 11.4 Å². The number of halogens is 2. The first kappa shape index (κ1) is 16.8. The van der Waals surface area contributed by atoms with E-state index in [0.717, 1.165) is 6.42 Å². The van der Waals surface area contributed by atoms with Gasteiger partial charge in [0.25, 0.3) is 5.91 Å². The van der Waals surface area contributed by atoms with Crippen molar-refractivity contribution in [2.45, 2.75) is 20.3 Å². The molecule has 2 N–H and O–H groups in total. The van der Waals surface area contributed by atoms with Crippen LogP contribution in [0.25, 0.3) is 11.0 Å². The average molecular weight is 327 g/mol. The number of carbonyl (C=O) groups is 1. The Morgan fingerprint density at radius 1 is 1.50 bits per heavy atom.